The van der Waals surface area contributed by atoms with E-state index in [0.717, 1.165) is 4.31 Å². The Balaban J connectivity index is 1.99. The number of sulfonamides is 1. The van der Waals surface area contributed by atoms with Crippen LogP contribution in [0.4, 0.5) is 0 Å². The van der Waals surface area contributed by atoms with E-state index < -0.39 is 15.9 Å². The van der Waals surface area contributed by atoms with Crippen LogP contribution in [-0.2, 0) is 20.6 Å². The molecule has 1 aliphatic heterocycles. The number of carbonyl (C=O) groups excluding carboxylic acids is 1. The molecule has 0 unspecified atom stereocenters. The molecule has 0 aromatic heterocycles. The van der Waals surface area contributed by atoms with Crippen molar-refractivity contribution in [3.8, 4) is 6.07 Å². The Bertz CT molecular complexity index is 838. The number of likely N-dealkylation sites (tertiary alicyclic amines) is 1. The summed E-state index contributed by atoms with van der Waals surface area (Å²) in [4.78, 5) is 14.6. The normalized spacial score (nSPS) is 14.9. The van der Waals surface area contributed by atoms with Crippen LogP contribution >= 0.6 is 0 Å². The summed E-state index contributed by atoms with van der Waals surface area (Å²) in [7, 11) is -3.79. The van der Waals surface area contributed by atoms with Crippen LogP contribution in [0.1, 0.15) is 31.2 Å². The molecule has 1 N–H and O–H groups in total. The van der Waals surface area contributed by atoms with Crippen LogP contribution in [0.5, 0.6) is 0 Å². The summed E-state index contributed by atoms with van der Waals surface area (Å²) >= 11 is 0. The Morgan fingerprint density at radius 3 is 2.54 bits per heavy atom. The highest BCUT2D eigenvalue weighted by Gasteiger charge is 2.30. The topological polar surface area (TPSA) is 105 Å². The van der Waals surface area contributed by atoms with Crippen LogP contribution in [0.25, 0.3) is 0 Å². The molecule has 7 nitrogen and oxygen atoms in total. The number of nitrogens with zero attached hydrogens (tertiary/aromatic N) is 3. The van der Waals surface area contributed by atoms with Crippen molar-refractivity contribution in [2.45, 2.75) is 31.4 Å². The molecule has 0 bridgehead atoms. The Morgan fingerprint density at radius 1 is 1.32 bits per heavy atom. The zero-order valence-corrected chi connectivity index (χ0v) is 16.7. The van der Waals surface area contributed by atoms with E-state index in [4.69, 9.17) is 10.7 Å². The zero-order valence-electron chi connectivity index (χ0n) is 15.9. The number of rotatable bonds is 8. The van der Waals surface area contributed by atoms with Crippen molar-refractivity contribution in [3.63, 3.8) is 0 Å². The van der Waals surface area contributed by atoms with E-state index in [2.05, 4.69) is 6.58 Å². The smallest absolute Gasteiger partial charge is 0.241 e. The van der Waals surface area contributed by atoms with E-state index in [9.17, 15) is 13.2 Å². The highest BCUT2D eigenvalue weighted by Crippen LogP contribution is 2.23. The van der Waals surface area contributed by atoms with Crippen molar-refractivity contribution in [1.82, 2.24) is 9.21 Å². The molecule has 1 amide bonds. The Morgan fingerprint density at radius 2 is 1.96 bits per heavy atom. The van der Waals surface area contributed by atoms with Crippen LogP contribution in [0.3, 0.4) is 0 Å². The summed E-state index contributed by atoms with van der Waals surface area (Å²) in [6, 6.07) is 10.8. The molecular formula is C20H26N4O3S. The maximum Gasteiger partial charge on any atom is 0.241 e. The van der Waals surface area contributed by atoms with Gasteiger partial charge in [0.2, 0.25) is 15.9 Å². The fourth-order valence-electron chi connectivity index (χ4n) is 3.29. The van der Waals surface area contributed by atoms with Crippen molar-refractivity contribution in [2.24, 2.45) is 5.92 Å². The lowest BCUT2D eigenvalue weighted by Crippen LogP contribution is -2.41. The molecule has 1 aliphatic rings. The highest BCUT2D eigenvalue weighted by atomic mass is 32.2. The van der Waals surface area contributed by atoms with Crippen LogP contribution in [0.15, 0.2) is 43.0 Å². The third-order valence-electron chi connectivity index (χ3n) is 4.81. The lowest BCUT2D eigenvalue weighted by Gasteiger charge is -2.33. The number of benzene rings is 1. The summed E-state index contributed by atoms with van der Waals surface area (Å²) in [5.41, 5.74) is 0.633. The molecule has 28 heavy (non-hydrogen) atoms. The molecule has 0 spiro atoms. The molecule has 0 saturated carbocycles. The molecule has 1 aromatic rings. The Hall–Kier alpha value is -2.66. The predicted molar refractivity (Wildman–Crippen MR) is 108 cm³/mol. The van der Waals surface area contributed by atoms with E-state index in [0.29, 0.717) is 37.3 Å². The van der Waals surface area contributed by atoms with Crippen molar-refractivity contribution < 1.29 is 13.2 Å². The lowest BCUT2D eigenvalue weighted by molar-refractivity contribution is -0.127. The fraction of sp³-hybridized carbons (Fsp3) is 0.450. The minimum atomic E-state index is -3.79. The SMILES string of the molecule is C=CCN(C(=O)CC1CCN(C(=N)CC#N)CC1)S(=O)(=O)Cc1ccccc1. The van der Waals surface area contributed by atoms with Crippen molar-refractivity contribution in [2.75, 3.05) is 19.6 Å². The van der Waals surface area contributed by atoms with Gasteiger partial charge >= 0.3 is 0 Å². The molecule has 1 saturated heterocycles. The van der Waals surface area contributed by atoms with Crippen molar-refractivity contribution in [3.05, 3.63) is 48.6 Å². The van der Waals surface area contributed by atoms with Gasteiger partial charge in [0.25, 0.3) is 0 Å². The zero-order chi connectivity index (χ0) is 20.6. The summed E-state index contributed by atoms with van der Waals surface area (Å²) in [5, 5.41) is 16.5. The number of piperidine rings is 1. The minimum absolute atomic E-state index is 0.0420. The number of amidine groups is 1. The number of carbonyl (C=O) groups is 1. The van der Waals surface area contributed by atoms with Gasteiger partial charge < -0.3 is 4.90 Å². The van der Waals surface area contributed by atoms with Crippen LogP contribution < -0.4 is 0 Å². The van der Waals surface area contributed by atoms with E-state index in [1.165, 1.54) is 6.08 Å². The highest BCUT2D eigenvalue weighted by molar-refractivity contribution is 7.88. The molecule has 1 fully saturated rings. The average Bonchev–Trinajstić information content (AvgIpc) is 2.67. The summed E-state index contributed by atoms with van der Waals surface area (Å²) in [5.74, 6) is -0.276. The van der Waals surface area contributed by atoms with Gasteiger partial charge in [0.1, 0.15) is 5.84 Å². The fourth-order valence-corrected chi connectivity index (χ4v) is 4.78. The monoisotopic (exact) mass is 402 g/mol. The second-order valence-electron chi connectivity index (χ2n) is 6.87. The van der Waals surface area contributed by atoms with Gasteiger partial charge in [-0.3, -0.25) is 10.2 Å². The number of nitriles is 1. The van der Waals surface area contributed by atoms with Crippen molar-refractivity contribution in [1.29, 1.82) is 10.7 Å². The average molecular weight is 403 g/mol. The van der Waals surface area contributed by atoms with Gasteiger partial charge in [0.15, 0.2) is 0 Å². The largest absolute Gasteiger partial charge is 0.360 e. The quantitative estimate of drug-likeness (QED) is 0.409. The number of hydrogen-bond acceptors (Lipinski definition) is 5. The van der Waals surface area contributed by atoms with Crippen LogP contribution in [0.2, 0.25) is 0 Å². The van der Waals surface area contributed by atoms with Gasteiger partial charge in [-0.05, 0) is 24.3 Å². The maximum absolute atomic E-state index is 12.8. The third-order valence-corrected chi connectivity index (χ3v) is 6.53. The third kappa shape index (κ3) is 5.92. The molecule has 1 heterocycles. The first-order valence-corrected chi connectivity index (χ1v) is 10.9. The molecule has 8 heteroatoms. The summed E-state index contributed by atoms with van der Waals surface area (Å²) < 4.78 is 26.5. The Labute approximate surface area is 166 Å². The molecule has 2 rings (SSSR count). The van der Waals surface area contributed by atoms with E-state index in [-0.39, 0.29) is 31.1 Å². The van der Waals surface area contributed by atoms with Gasteiger partial charge in [-0.2, -0.15) is 5.26 Å². The molecule has 150 valence electrons. The molecule has 0 atom stereocenters. The molecule has 0 aliphatic carbocycles. The van der Waals surface area contributed by atoms with Gasteiger partial charge in [-0.1, -0.05) is 36.4 Å². The second-order valence-corrected chi connectivity index (χ2v) is 8.76. The minimum Gasteiger partial charge on any atom is -0.360 e. The Kier molecular flexibility index (Phi) is 7.76. The second kappa shape index (κ2) is 10.0. The van der Waals surface area contributed by atoms with E-state index in [1.807, 2.05) is 17.0 Å². The van der Waals surface area contributed by atoms with Crippen molar-refractivity contribution >= 4 is 21.8 Å². The first-order valence-electron chi connectivity index (χ1n) is 9.24. The predicted octanol–water partition coefficient (Wildman–Crippen LogP) is 2.52. The standard InChI is InChI=1S/C20H26N4O3S/c1-2-12-24(28(26,27)16-18-6-4-3-5-7-18)20(25)15-17-9-13-23(14-10-17)19(22)8-11-21/h2-7,17,22H,1,8-10,12-16H2. The molecule has 0 radical (unpaired) electrons. The van der Waals surface area contributed by atoms with Gasteiger partial charge in [0.05, 0.1) is 24.8 Å². The number of nitrogens with one attached hydrogen (secondary N) is 1. The van der Waals surface area contributed by atoms with Gasteiger partial charge in [-0.15, -0.1) is 6.58 Å². The van der Waals surface area contributed by atoms with Crippen LogP contribution in [0, 0.1) is 22.7 Å². The molecule has 1 aromatic carbocycles. The molecular weight excluding hydrogens is 376 g/mol. The van der Waals surface area contributed by atoms with Gasteiger partial charge in [0, 0.05) is 19.5 Å². The first-order chi connectivity index (χ1) is 13.4. The van der Waals surface area contributed by atoms with Crippen LogP contribution in [-0.4, -0.2) is 49.0 Å². The van der Waals surface area contributed by atoms with E-state index >= 15 is 0 Å². The summed E-state index contributed by atoms with van der Waals surface area (Å²) in [6.07, 6.45) is 3.04. The summed E-state index contributed by atoms with van der Waals surface area (Å²) in [6.45, 7) is 4.76. The first kappa shape index (κ1) is 21.6. The number of amides is 1. The number of hydrogen-bond donors (Lipinski definition) is 1. The maximum atomic E-state index is 12.8. The lowest BCUT2D eigenvalue weighted by atomic mass is 9.93. The van der Waals surface area contributed by atoms with E-state index in [1.54, 1.807) is 24.3 Å². The van der Waals surface area contributed by atoms with Gasteiger partial charge in [-0.25, -0.2) is 12.7 Å².